The molecule has 0 atom stereocenters. The summed E-state index contributed by atoms with van der Waals surface area (Å²) in [5.41, 5.74) is 3.60. The molecule has 0 saturated carbocycles. The molecule has 0 aromatic heterocycles. The van der Waals surface area contributed by atoms with Crippen LogP contribution in [0.4, 0.5) is 4.79 Å². The number of para-hydroxylation sites is 1. The van der Waals surface area contributed by atoms with Crippen molar-refractivity contribution in [1.29, 1.82) is 0 Å². The highest BCUT2D eigenvalue weighted by Gasteiger charge is 2.06. The van der Waals surface area contributed by atoms with E-state index in [1.807, 2.05) is 32.0 Å². The summed E-state index contributed by atoms with van der Waals surface area (Å²) in [7, 11) is 1.34. The van der Waals surface area contributed by atoms with Gasteiger partial charge in [0.05, 0.1) is 19.3 Å². The summed E-state index contributed by atoms with van der Waals surface area (Å²) in [5, 5.41) is 5.58. The molecule has 2 rings (SSSR count). The maximum Gasteiger partial charge on any atom is 0.337 e. The fourth-order valence-corrected chi connectivity index (χ4v) is 2.60. The number of rotatable bonds is 8. The first-order chi connectivity index (χ1) is 13.0. The van der Waals surface area contributed by atoms with Gasteiger partial charge in [-0.25, -0.2) is 9.59 Å². The topological polar surface area (TPSA) is 76.7 Å². The summed E-state index contributed by atoms with van der Waals surface area (Å²) in [5.74, 6) is 0.535. The van der Waals surface area contributed by atoms with Crippen LogP contribution in [-0.2, 0) is 11.3 Å². The third-order valence-corrected chi connectivity index (χ3v) is 4.09. The van der Waals surface area contributed by atoms with Crippen LogP contribution >= 0.6 is 0 Å². The van der Waals surface area contributed by atoms with Gasteiger partial charge in [0, 0.05) is 13.1 Å². The van der Waals surface area contributed by atoms with E-state index in [2.05, 4.69) is 15.4 Å². The number of benzene rings is 2. The molecule has 0 aliphatic carbocycles. The fraction of sp³-hybridized carbons (Fsp3) is 0.333. The molecule has 2 N–H and O–H groups in total. The van der Waals surface area contributed by atoms with Gasteiger partial charge in [0.25, 0.3) is 0 Å². The quantitative estimate of drug-likeness (QED) is 0.552. The lowest BCUT2D eigenvalue weighted by Crippen LogP contribution is -2.36. The highest BCUT2D eigenvalue weighted by atomic mass is 16.5. The Hall–Kier alpha value is -3.02. The van der Waals surface area contributed by atoms with E-state index in [0.29, 0.717) is 25.3 Å². The summed E-state index contributed by atoms with van der Waals surface area (Å²) < 4.78 is 10.5. The molecule has 27 heavy (non-hydrogen) atoms. The second-order valence-corrected chi connectivity index (χ2v) is 6.22. The van der Waals surface area contributed by atoms with Gasteiger partial charge < -0.3 is 20.1 Å². The predicted molar refractivity (Wildman–Crippen MR) is 104 cm³/mol. The zero-order valence-corrected chi connectivity index (χ0v) is 16.0. The molecular weight excluding hydrogens is 344 g/mol. The minimum Gasteiger partial charge on any atom is -0.493 e. The van der Waals surface area contributed by atoms with Crippen LogP contribution < -0.4 is 15.4 Å². The molecule has 0 heterocycles. The number of aryl methyl sites for hydroxylation is 2. The zero-order valence-electron chi connectivity index (χ0n) is 16.0. The lowest BCUT2D eigenvalue weighted by molar-refractivity contribution is 0.0600. The van der Waals surface area contributed by atoms with E-state index in [9.17, 15) is 9.59 Å². The van der Waals surface area contributed by atoms with Crippen LogP contribution in [-0.4, -0.2) is 32.3 Å². The summed E-state index contributed by atoms with van der Waals surface area (Å²) >= 11 is 0. The molecule has 2 amide bonds. The Morgan fingerprint density at radius 2 is 1.63 bits per heavy atom. The maximum absolute atomic E-state index is 11.8. The number of hydrogen-bond acceptors (Lipinski definition) is 4. The van der Waals surface area contributed by atoms with Crippen molar-refractivity contribution in [3.05, 3.63) is 64.7 Å². The van der Waals surface area contributed by atoms with Crippen molar-refractivity contribution in [1.82, 2.24) is 10.6 Å². The maximum atomic E-state index is 11.8. The van der Waals surface area contributed by atoms with E-state index < -0.39 is 0 Å². The van der Waals surface area contributed by atoms with Crippen LogP contribution in [0.15, 0.2) is 42.5 Å². The average Bonchev–Trinajstić information content (AvgIpc) is 2.68. The molecule has 0 bridgehead atoms. The molecule has 0 unspecified atom stereocenters. The second-order valence-electron chi connectivity index (χ2n) is 6.22. The number of hydrogen-bond donors (Lipinski definition) is 2. The Kier molecular flexibility index (Phi) is 7.67. The number of methoxy groups -OCH3 is 1. The molecule has 6 nitrogen and oxygen atoms in total. The van der Waals surface area contributed by atoms with Gasteiger partial charge in [-0.3, -0.25) is 0 Å². The number of urea groups is 1. The Morgan fingerprint density at radius 3 is 2.26 bits per heavy atom. The van der Waals surface area contributed by atoms with Crippen molar-refractivity contribution < 1.29 is 19.1 Å². The highest BCUT2D eigenvalue weighted by Crippen LogP contribution is 2.22. The molecule has 0 saturated heterocycles. The third kappa shape index (κ3) is 6.33. The normalized spacial score (nSPS) is 10.2. The Morgan fingerprint density at radius 1 is 0.963 bits per heavy atom. The Balaban J connectivity index is 1.64. The van der Waals surface area contributed by atoms with Gasteiger partial charge in [-0.2, -0.15) is 0 Å². The molecule has 0 spiro atoms. The number of amides is 2. The van der Waals surface area contributed by atoms with Crippen LogP contribution in [0.5, 0.6) is 5.75 Å². The number of esters is 1. The number of carbonyl (C=O) groups excluding carboxylic acids is 2. The highest BCUT2D eigenvalue weighted by molar-refractivity contribution is 5.89. The van der Waals surface area contributed by atoms with Gasteiger partial charge in [-0.15, -0.1) is 0 Å². The second kappa shape index (κ2) is 10.2. The summed E-state index contributed by atoms with van der Waals surface area (Å²) in [6.45, 7) is 5.49. The molecule has 0 fully saturated rings. The van der Waals surface area contributed by atoms with Gasteiger partial charge >= 0.3 is 12.0 Å². The molecule has 6 heteroatoms. The molecule has 0 aliphatic rings. The standard InChI is InChI=1S/C21H26N2O4/c1-15-6-4-7-16(2)19(15)27-13-5-12-22-21(25)23-14-17-8-10-18(11-9-17)20(24)26-3/h4,6-11H,5,12-14H2,1-3H3,(H2,22,23,25). The summed E-state index contributed by atoms with van der Waals surface area (Å²) in [6, 6.07) is 12.7. The van der Waals surface area contributed by atoms with Gasteiger partial charge in [0.2, 0.25) is 0 Å². The third-order valence-electron chi connectivity index (χ3n) is 4.09. The largest absolute Gasteiger partial charge is 0.493 e. The van der Waals surface area contributed by atoms with Crippen molar-refractivity contribution in [3.63, 3.8) is 0 Å². The van der Waals surface area contributed by atoms with Crippen LogP contribution in [0, 0.1) is 13.8 Å². The number of nitrogens with one attached hydrogen (secondary N) is 2. The van der Waals surface area contributed by atoms with Crippen molar-refractivity contribution in [2.75, 3.05) is 20.3 Å². The molecule has 144 valence electrons. The van der Waals surface area contributed by atoms with E-state index in [1.54, 1.807) is 24.3 Å². The van der Waals surface area contributed by atoms with Crippen molar-refractivity contribution in [3.8, 4) is 5.75 Å². The van der Waals surface area contributed by atoms with Crippen molar-refractivity contribution >= 4 is 12.0 Å². The Labute approximate surface area is 159 Å². The predicted octanol–water partition coefficient (Wildman–Crippen LogP) is 3.36. The minimum absolute atomic E-state index is 0.237. The van der Waals surface area contributed by atoms with E-state index in [-0.39, 0.29) is 12.0 Å². The molecule has 2 aromatic rings. The lowest BCUT2D eigenvalue weighted by Gasteiger charge is -2.12. The molecule has 0 radical (unpaired) electrons. The smallest absolute Gasteiger partial charge is 0.337 e. The summed E-state index contributed by atoms with van der Waals surface area (Å²) in [4.78, 5) is 23.2. The van der Waals surface area contributed by atoms with Gasteiger partial charge in [0.1, 0.15) is 5.75 Å². The first-order valence-electron chi connectivity index (χ1n) is 8.89. The summed E-state index contributed by atoms with van der Waals surface area (Å²) in [6.07, 6.45) is 0.717. The van der Waals surface area contributed by atoms with Gasteiger partial charge in [0.15, 0.2) is 0 Å². The van der Waals surface area contributed by atoms with E-state index >= 15 is 0 Å². The van der Waals surface area contributed by atoms with Gasteiger partial charge in [-0.05, 0) is 49.1 Å². The first kappa shape index (κ1) is 20.3. The number of carbonyl (C=O) groups is 2. The molecule has 2 aromatic carbocycles. The molecular formula is C21H26N2O4. The van der Waals surface area contributed by atoms with Crippen LogP contribution in [0.25, 0.3) is 0 Å². The number of ether oxygens (including phenoxy) is 2. The SMILES string of the molecule is COC(=O)c1ccc(CNC(=O)NCCCOc2c(C)cccc2C)cc1. The van der Waals surface area contributed by atoms with Crippen LogP contribution in [0.3, 0.4) is 0 Å². The van der Waals surface area contributed by atoms with E-state index in [0.717, 1.165) is 28.9 Å². The van der Waals surface area contributed by atoms with Crippen molar-refractivity contribution in [2.24, 2.45) is 0 Å². The first-order valence-corrected chi connectivity index (χ1v) is 8.89. The fourth-order valence-electron chi connectivity index (χ4n) is 2.60. The monoisotopic (exact) mass is 370 g/mol. The van der Waals surface area contributed by atoms with Crippen LogP contribution in [0.1, 0.15) is 33.5 Å². The van der Waals surface area contributed by atoms with Crippen LogP contribution in [0.2, 0.25) is 0 Å². The van der Waals surface area contributed by atoms with E-state index in [4.69, 9.17) is 4.74 Å². The minimum atomic E-state index is -0.379. The zero-order chi connectivity index (χ0) is 19.6. The average molecular weight is 370 g/mol. The van der Waals surface area contributed by atoms with Gasteiger partial charge in [-0.1, -0.05) is 30.3 Å². The van der Waals surface area contributed by atoms with Crippen molar-refractivity contribution in [2.45, 2.75) is 26.8 Å². The van der Waals surface area contributed by atoms with E-state index in [1.165, 1.54) is 7.11 Å². The molecule has 0 aliphatic heterocycles. The lowest BCUT2D eigenvalue weighted by atomic mass is 10.1. The Bertz CT molecular complexity index is 752.